The Morgan fingerprint density at radius 1 is 1.26 bits per heavy atom. The van der Waals surface area contributed by atoms with Gasteiger partial charge in [-0.05, 0) is 22.6 Å². The van der Waals surface area contributed by atoms with Gasteiger partial charge in [0.2, 0.25) is 0 Å². The minimum Gasteiger partial charge on any atom is -0.492 e. The summed E-state index contributed by atoms with van der Waals surface area (Å²) in [5.74, 6) is 1.68. The zero-order valence-corrected chi connectivity index (χ0v) is 11.3. The molecule has 0 atom stereocenters. The molecule has 1 aromatic heterocycles. The van der Waals surface area contributed by atoms with Gasteiger partial charge in [0.05, 0.1) is 13.1 Å². The first-order valence-corrected chi connectivity index (χ1v) is 6.42. The van der Waals surface area contributed by atoms with Gasteiger partial charge in [-0.1, -0.05) is 32.0 Å². The maximum atomic E-state index is 5.62. The molecule has 1 N–H and O–H groups in total. The molecule has 6 heteroatoms. The summed E-state index contributed by atoms with van der Waals surface area (Å²) in [5.41, 5.74) is 0. The van der Waals surface area contributed by atoms with E-state index in [4.69, 9.17) is 4.74 Å². The number of aromatic nitrogens is 4. The van der Waals surface area contributed by atoms with Crippen molar-refractivity contribution in [1.29, 1.82) is 0 Å². The molecule has 2 aromatic rings. The van der Waals surface area contributed by atoms with Gasteiger partial charge in [-0.15, -0.1) is 5.10 Å². The minimum atomic E-state index is 0.408. The standard InChI is InChI=1S/C13H19N5O/c1-11(2)14-10-13-15-16-17-18(13)8-9-19-12-6-4-3-5-7-12/h3-7,11,14H,8-10H2,1-2H3. The molecular weight excluding hydrogens is 242 g/mol. The number of benzene rings is 1. The largest absolute Gasteiger partial charge is 0.492 e. The van der Waals surface area contributed by atoms with E-state index >= 15 is 0 Å². The van der Waals surface area contributed by atoms with Gasteiger partial charge in [-0.2, -0.15) is 0 Å². The van der Waals surface area contributed by atoms with E-state index in [0.29, 0.717) is 25.7 Å². The van der Waals surface area contributed by atoms with Gasteiger partial charge in [-0.3, -0.25) is 0 Å². The number of nitrogens with zero attached hydrogens (tertiary/aromatic N) is 4. The molecule has 0 aliphatic rings. The average molecular weight is 261 g/mol. The Morgan fingerprint density at radius 2 is 2.05 bits per heavy atom. The predicted octanol–water partition coefficient (Wildman–Crippen LogP) is 1.25. The van der Waals surface area contributed by atoms with Crippen LogP contribution < -0.4 is 10.1 Å². The van der Waals surface area contributed by atoms with Crippen LogP contribution in [0.2, 0.25) is 0 Å². The van der Waals surface area contributed by atoms with Gasteiger partial charge < -0.3 is 10.1 Å². The van der Waals surface area contributed by atoms with Crippen LogP contribution in [-0.2, 0) is 13.1 Å². The van der Waals surface area contributed by atoms with E-state index in [1.807, 2.05) is 30.3 Å². The molecule has 0 fully saturated rings. The van der Waals surface area contributed by atoms with Crippen molar-refractivity contribution in [2.45, 2.75) is 33.0 Å². The molecule has 1 aromatic carbocycles. The van der Waals surface area contributed by atoms with Crippen molar-refractivity contribution >= 4 is 0 Å². The highest BCUT2D eigenvalue weighted by Crippen LogP contribution is 2.08. The third kappa shape index (κ3) is 4.33. The van der Waals surface area contributed by atoms with Crippen molar-refractivity contribution in [2.75, 3.05) is 6.61 Å². The minimum absolute atomic E-state index is 0.408. The number of para-hydroxylation sites is 1. The van der Waals surface area contributed by atoms with Crippen LogP contribution in [0, 0.1) is 0 Å². The van der Waals surface area contributed by atoms with Gasteiger partial charge in [0, 0.05) is 6.04 Å². The van der Waals surface area contributed by atoms with E-state index in [0.717, 1.165) is 11.6 Å². The quantitative estimate of drug-likeness (QED) is 0.812. The van der Waals surface area contributed by atoms with Crippen molar-refractivity contribution < 1.29 is 4.74 Å². The Balaban J connectivity index is 1.81. The lowest BCUT2D eigenvalue weighted by molar-refractivity contribution is 0.286. The third-order valence-electron chi connectivity index (χ3n) is 2.59. The smallest absolute Gasteiger partial charge is 0.165 e. The molecule has 0 saturated heterocycles. The van der Waals surface area contributed by atoms with E-state index in [2.05, 4.69) is 34.7 Å². The summed E-state index contributed by atoms with van der Waals surface area (Å²) in [6.45, 7) is 6.02. The third-order valence-corrected chi connectivity index (χ3v) is 2.59. The molecule has 6 nitrogen and oxygen atoms in total. The van der Waals surface area contributed by atoms with Crippen LogP contribution in [0.3, 0.4) is 0 Å². The fourth-order valence-electron chi connectivity index (χ4n) is 1.59. The SMILES string of the molecule is CC(C)NCc1nnnn1CCOc1ccccc1. The summed E-state index contributed by atoms with van der Waals surface area (Å²) in [7, 11) is 0. The Hall–Kier alpha value is -1.95. The maximum absolute atomic E-state index is 5.62. The second kappa shape index (κ2) is 6.84. The monoisotopic (exact) mass is 261 g/mol. The number of hydrogen-bond acceptors (Lipinski definition) is 5. The highest BCUT2D eigenvalue weighted by atomic mass is 16.5. The van der Waals surface area contributed by atoms with E-state index in [9.17, 15) is 0 Å². The van der Waals surface area contributed by atoms with E-state index < -0.39 is 0 Å². The summed E-state index contributed by atoms with van der Waals surface area (Å²) in [6, 6.07) is 10.1. The van der Waals surface area contributed by atoms with Crippen LogP contribution in [0.25, 0.3) is 0 Å². The summed E-state index contributed by atoms with van der Waals surface area (Å²) in [4.78, 5) is 0. The Labute approximate surface area is 112 Å². The fourth-order valence-corrected chi connectivity index (χ4v) is 1.59. The first-order chi connectivity index (χ1) is 9.25. The van der Waals surface area contributed by atoms with E-state index in [1.165, 1.54) is 0 Å². The molecule has 102 valence electrons. The molecule has 0 unspecified atom stereocenters. The number of nitrogens with one attached hydrogen (secondary N) is 1. The second-order valence-corrected chi connectivity index (χ2v) is 4.52. The van der Waals surface area contributed by atoms with Crippen LogP contribution in [0.15, 0.2) is 30.3 Å². The molecule has 0 saturated carbocycles. The number of ether oxygens (including phenoxy) is 1. The fraction of sp³-hybridized carbons (Fsp3) is 0.462. The summed E-state index contributed by atoms with van der Waals surface area (Å²) in [6.07, 6.45) is 0. The number of rotatable bonds is 7. The molecule has 0 aliphatic carbocycles. The van der Waals surface area contributed by atoms with Gasteiger partial charge in [-0.25, -0.2) is 4.68 Å². The Morgan fingerprint density at radius 3 is 2.79 bits per heavy atom. The number of tetrazole rings is 1. The second-order valence-electron chi connectivity index (χ2n) is 4.52. The first-order valence-electron chi connectivity index (χ1n) is 6.42. The van der Waals surface area contributed by atoms with Gasteiger partial charge in [0.25, 0.3) is 0 Å². The highest BCUT2D eigenvalue weighted by molar-refractivity contribution is 5.20. The molecule has 2 rings (SSSR count). The van der Waals surface area contributed by atoms with Crippen LogP contribution in [0.5, 0.6) is 5.75 Å². The first kappa shape index (κ1) is 13.5. The van der Waals surface area contributed by atoms with E-state index in [1.54, 1.807) is 4.68 Å². The molecule has 19 heavy (non-hydrogen) atoms. The van der Waals surface area contributed by atoms with Gasteiger partial charge in [0.1, 0.15) is 12.4 Å². The molecule has 0 amide bonds. The lowest BCUT2D eigenvalue weighted by Gasteiger charge is -2.09. The van der Waals surface area contributed by atoms with Crippen molar-refractivity contribution in [3.63, 3.8) is 0 Å². The van der Waals surface area contributed by atoms with Crippen molar-refractivity contribution in [3.05, 3.63) is 36.2 Å². The molecular formula is C13H19N5O. The Bertz CT molecular complexity index is 483. The average Bonchev–Trinajstić information content (AvgIpc) is 2.85. The van der Waals surface area contributed by atoms with Crippen molar-refractivity contribution in [2.24, 2.45) is 0 Å². The summed E-state index contributed by atoms with van der Waals surface area (Å²) < 4.78 is 7.39. The van der Waals surface area contributed by atoms with Crippen LogP contribution in [0.4, 0.5) is 0 Å². The normalized spacial score (nSPS) is 10.9. The lowest BCUT2D eigenvalue weighted by atomic mass is 10.3. The molecule has 0 bridgehead atoms. The zero-order chi connectivity index (χ0) is 13.5. The van der Waals surface area contributed by atoms with Crippen LogP contribution in [0.1, 0.15) is 19.7 Å². The Kier molecular flexibility index (Phi) is 4.85. The molecule has 0 spiro atoms. The summed E-state index contributed by atoms with van der Waals surface area (Å²) >= 11 is 0. The maximum Gasteiger partial charge on any atom is 0.165 e. The zero-order valence-electron chi connectivity index (χ0n) is 11.3. The van der Waals surface area contributed by atoms with Gasteiger partial charge in [0.15, 0.2) is 5.82 Å². The topological polar surface area (TPSA) is 64.9 Å². The van der Waals surface area contributed by atoms with Crippen molar-refractivity contribution in [1.82, 2.24) is 25.5 Å². The van der Waals surface area contributed by atoms with Crippen molar-refractivity contribution in [3.8, 4) is 5.75 Å². The van der Waals surface area contributed by atoms with Gasteiger partial charge >= 0.3 is 0 Å². The molecule has 0 radical (unpaired) electrons. The predicted molar refractivity (Wildman–Crippen MR) is 71.7 cm³/mol. The number of hydrogen-bond donors (Lipinski definition) is 1. The highest BCUT2D eigenvalue weighted by Gasteiger charge is 2.06. The van der Waals surface area contributed by atoms with E-state index in [-0.39, 0.29) is 0 Å². The molecule has 0 aliphatic heterocycles. The van der Waals surface area contributed by atoms with Crippen LogP contribution >= 0.6 is 0 Å². The van der Waals surface area contributed by atoms with Crippen LogP contribution in [-0.4, -0.2) is 32.9 Å². The lowest BCUT2D eigenvalue weighted by Crippen LogP contribution is -2.25. The summed E-state index contributed by atoms with van der Waals surface area (Å²) in [5, 5.41) is 14.9. The molecule has 1 heterocycles.